The summed E-state index contributed by atoms with van der Waals surface area (Å²) in [6.07, 6.45) is 3.36. The molecule has 0 spiro atoms. The first-order chi connectivity index (χ1) is 6.64. The molecule has 0 radical (unpaired) electrons. The highest BCUT2D eigenvalue weighted by Crippen LogP contribution is 2.43. The SMILES string of the molecule is CCOP(=O)(O)CCC1CCNCC1. The number of hydrogen-bond acceptors (Lipinski definition) is 3. The molecule has 1 atom stereocenters. The lowest BCUT2D eigenvalue weighted by Crippen LogP contribution is -2.28. The zero-order valence-electron chi connectivity index (χ0n) is 8.74. The predicted octanol–water partition coefficient (Wildman–Crippen LogP) is 1.60. The molecule has 1 saturated heterocycles. The van der Waals surface area contributed by atoms with Crippen LogP contribution in [-0.2, 0) is 9.09 Å². The van der Waals surface area contributed by atoms with Gasteiger partial charge in [-0.2, -0.15) is 0 Å². The van der Waals surface area contributed by atoms with E-state index in [0.29, 0.717) is 18.7 Å². The Morgan fingerprint density at radius 3 is 2.71 bits per heavy atom. The van der Waals surface area contributed by atoms with Gasteiger partial charge in [-0.25, -0.2) is 0 Å². The van der Waals surface area contributed by atoms with Gasteiger partial charge in [0, 0.05) is 0 Å². The van der Waals surface area contributed by atoms with Crippen molar-refractivity contribution < 1.29 is 14.0 Å². The van der Waals surface area contributed by atoms with Crippen molar-refractivity contribution in [2.75, 3.05) is 25.9 Å². The minimum Gasteiger partial charge on any atom is -0.324 e. The van der Waals surface area contributed by atoms with E-state index in [1.807, 2.05) is 0 Å². The van der Waals surface area contributed by atoms with Gasteiger partial charge in [0.15, 0.2) is 0 Å². The Kier molecular flexibility index (Phi) is 5.10. The Balaban J connectivity index is 2.21. The molecule has 1 heterocycles. The molecule has 5 heteroatoms. The van der Waals surface area contributed by atoms with Crippen molar-refractivity contribution in [3.63, 3.8) is 0 Å². The van der Waals surface area contributed by atoms with Crippen LogP contribution in [0.4, 0.5) is 0 Å². The fourth-order valence-electron chi connectivity index (χ4n) is 1.78. The van der Waals surface area contributed by atoms with Crippen molar-refractivity contribution in [1.29, 1.82) is 0 Å². The van der Waals surface area contributed by atoms with Crippen molar-refractivity contribution in [2.45, 2.75) is 26.2 Å². The number of piperidine rings is 1. The maximum atomic E-state index is 11.4. The van der Waals surface area contributed by atoms with Gasteiger partial charge in [0.25, 0.3) is 0 Å². The van der Waals surface area contributed by atoms with Crippen LogP contribution in [-0.4, -0.2) is 30.8 Å². The van der Waals surface area contributed by atoms with E-state index >= 15 is 0 Å². The van der Waals surface area contributed by atoms with Crippen molar-refractivity contribution in [2.24, 2.45) is 5.92 Å². The van der Waals surface area contributed by atoms with Crippen LogP contribution in [0.1, 0.15) is 26.2 Å². The van der Waals surface area contributed by atoms with Crippen LogP contribution in [0.3, 0.4) is 0 Å². The van der Waals surface area contributed by atoms with Gasteiger partial charge >= 0.3 is 7.60 Å². The molecular formula is C9H20NO3P. The molecule has 0 amide bonds. The highest BCUT2D eigenvalue weighted by Gasteiger charge is 2.21. The summed E-state index contributed by atoms with van der Waals surface area (Å²) < 4.78 is 16.2. The second-order valence-electron chi connectivity index (χ2n) is 3.76. The van der Waals surface area contributed by atoms with Gasteiger partial charge in [0.05, 0.1) is 12.8 Å². The predicted molar refractivity (Wildman–Crippen MR) is 56.5 cm³/mol. The van der Waals surface area contributed by atoms with Crippen LogP contribution in [0.25, 0.3) is 0 Å². The first kappa shape index (κ1) is 12.2. The second-order valence-corrected chi connectivity index (χ2v) is 5.74. The molecule has 0 bridgehead atoms. The Labute approximate surface area is 85.6 Å². The topological polar surface area (TPSA) is 58.6 Å². The third-order valence-electron chi connectivity index (χ3n) is 2.61. The van der Waals surface area contributed by atoms with E-state index in [1.54, 1.807) is 6.92 Å². The summed E-state index contributed by atoms with van der Waals surface area (Å²) in [6, 6.07) is 0. The largest absolute Gasteiger partial charge is 0.328 e. The third-order valence-corrected chi connectivity index (χ3v) is 4.09. The van der Waals surface area contributed by atoms with E-state index in [4.69, 9.17) is 4.52 Å². The normalized spacial score (nSPS) is 23.3. The van der Waals surface area contributed by atoms with E-state index in [0.717, 1.165) is 32.4 Å². The van der Waals surface area contributed by atoms with Crippen molar-refractivity contribution in [3.05, 3.63) is 0 Å². The summed E-state index contributed by atoms with van der Waals surface area (Å²) in [6.45, 7) is 4.14. The molecule has 0 aromatic carbocycles. The summed E-state index contributed by atoms with van der Waals surface area (Å²) in [5.74, 6) is 0.595. The zero-order chi connectivity index (χ0) is 10.4. The van der Waals surface area contributed by atoms with Gasteiger partial charge in [-0.15, -0.1) is 0 Å². The first-order valence-corrected chi connectivity index (χ1v) is 7.07. The molecule has 1 aliphatic rings. The van der Waals surface area contributed by atoms with Crippen LogP contribution < -0.4 is 5.32 Å². The van der Waals surface area contributed by atoms with Crippen molar-refractivity contribution >= 4 is 7.60 Å². The minimum atomic E-state index is -3.28. The minimum absolute atomic E-state index is 0.311. The summed E-state index contributed by atoms with van der Waals surface area (Å²) in [4.78, 5) is 9.36. The van der Waals surface area contributed by atoms with Crippen LogP contribution >= 0.6 is 7.60 Å². The maximum Gasteiger partial charge on any atom is 0.328 e. The quantitative estimate of drug-likeness (QED) is 0.692. The monoisotopic (exact) mass is 221 g/mol. The third kappa shape index (κ3) is 4.56. The Morgan fingerprint density at radius 2 is 2.14 bits per heavy atom. The molecule has 0 aromatic heterocycles. The molecule has 1 rings (SSSR count). The fraction of sp³-hybridized carbons (Fsp3) is 1.00. The molecular weight excluding hydrogens is 201 g/mol. The highest BCUT2D eigenvalue weighted by molar-refractivity contribution is 7.52. The molecule has 0 aromatic rings. The van der Waals surface area contributed by atoms with E-state index in [1.165, 1.54) is 0 Å². The molecule has 1 aliphatic heterocycles. The average Bonchev–Trinajstić information content (AvgIpc) is 2.17. The lowest BCUT2D eigenvalue weighted by atomic mass is 9.96. The van der Waals surface area contributed by atoms with Crippen LogP contribution in [0.15, 0.2) is 0 Å². The van der Waals surface area contributed by atoms with Crippen LogP contribution in [0.2, 0.25) is 0 Å². The van der Waals surface area contributed by atoms with Crippen molar-refractivity contribution in [3.8, 4) is 0 Å². The maximum absolute atomic E-state index is 11.4. The molecule has 0 saturated carbocycles. The number of nitrogens with one attached hydrogen (secondary N) is 1. The van der Waals surface area contributed by atoms with Gasteiger partial charge in [-0.05, 0) is 45.2 Å². The summed E-state index contributed by atoms with van der Waals surface area (Å²) >= 11 is 0. The molecule has 14 heavy (non-hydrogen) atoms. The molecule has 1 unspecified atom stereocenters. The van der Waals surface area contributed by atoms with E-state index in [2.05, 4.69) is 5.32 Å². The van der Waals surface area contributed by atoms with Crippen LogP contribution in [0.5, 0.6) is 0 Å². The first-order valence-electron chi connectivity index (χ1n) is 5.31. The van der Waals surface area contributed by atoms with Gasteiger partial charge in [-0.1, -0.05) is 0 Å². The summed E-state index contributed by atoms with van der Waals surface area (Å²) in [7, 11) is -3.28. The van der Waals surface area contributed by atoms with E-state index < -0.39 is 7.60 Å². The average molecular weight is 221 g/mol. The lowest BCUT2D eigenvalue weighted by molar-refractivity contribution is 0.267. The molecule has 4 nitrogen and oxygen atoms in total. The van der Waals surface area contributed by atoms with E-state index in [9.17, 15) is 9.46 Å². The highest BCUT2D eigenvalue weighted by atomic mass is 31.2. The van der Waals surface area contributed by atoms with Gasteiger partial charge in [0.2, 0.25) is 0 Å². The van der Waals surface area contributed by atoms with Crippen LogP contribution in [0, 0.1) is 5.92 Å². The zero-order valence-corrected chi connectivity index (χ0v) is 9.63. The smallest absolute Gasteiger partial charge is 0.324 e. The Hall–Kier alpha value is 0.110. The second kappa shape index (κ2) is 5.86. The summed E-state index contributed by atoms with van der Waals surface area (Å²) in [5, 5.41) is 3.27. The van der Waals surface area contributed by atoms with Gasteiger partial charge in [-0.3, -0.25) is 4.57 Å². The van der Waals surface area contributed by atoms with Gasteiger partial charge < -0.3 is 14.7 Å². The fourth-order valence-corrected chi connectivity index (χ4v) is 3.01. The Morgan fingerprint density at radius 1 is 1.50 bits per heavy atom. The molecule has 2 N–H and O–H groups in total. The molecule has 84 valence electrons. The number of hydrogen-bond donors (Lipinski definition) is 2. The van der Waals surface area contributed by atoms with Gasteiger partial charge in [0.1, 0.15) is 0 Å². The van der Waals surface area contributed by atoms with Crippen molar-refractivity contribution in [1.82, 2.24) is 5.32 Å². The Bertz CT molecular complexity index is 204. The number of rotatable bonds is 5. The molecule has 1 fully saturated rings. The van der Waals surface area contributed by atoms with E-state index in [-0.39, 0.29) is 0 Å². The lowest BCUT2D eigenvalue weighted by Gasteiger charge is -2.23. The standard InChI is InChI=1S/C9H20NO3P/c1-2-13-14(11,12)8-5-9-3-6-10-7-4-9/h9-10H,2-8H2,1H3,(H,11,12). The summed E-state index contributed by atoms with van der Waals surface area (Å²) in [5.41, 5.74) is 0. The molecule has 0 aliphatic carbocycles.